The zero-order valence-corrected chi connectivity index (χ0v) is 36.8. The fourth-order valence-corrected chi connectivity index (χ4v) is 9.86. The van der Waals surface area contributed by atoms with Crippen molar-refractivity contribution in [3.8, 4) is 28.1 Å². The second-order valence-electron chi connectivity index (χ2n) is 17.8. The first-order valence-electron chi connectivity index (χ1n) is 21.9. The van der Waals surface area contributed by atoms with Crippen molar-refractivity contribution >= 4 is 33.6 Å². The summed E-state index contributed by atoms with van der Waals surface area (Å²) in [5.74, 6) is 3.30. The number of hydrogen-bond donors (Lipinski definition) is 2. The lowest BCUT2D eigenvalue weighted by Gasteiger charge is -2.31. The Morgan fingerprint density at radius 3 is 2.55 bits per heavy atom. The number of carbonyl (C=O) groups excluding carboxylic acids is 2. The molecule has 9 rings (SSSR count). The van der Waals surface area contributed by atoms with Crippen molar-refractivity contribution in [1.82, 2.24) is 34.6 Å². The molecule has 12 heteroatoms. The number of benzene rings is 4. The molecule has 3 aliphatic rings. The number of amides is 2. The molecule has 6 aromatic rings. The number of nitrogens with one attached hydrogen (secondary N) is 2. The van der Waals surface area contributed by atoms with Crippen molar-refractivity contribution in [2.75, 3.05) is 27.4 Å². The van der Waals surface area contributed by atoms with E-state index >= 15 is 0 Å². The topological polar surface area (TPSA) is 127 Å². The van der Waals surface area contributed by atoms with Gasteiger partial charge in [-0.3, -0.25) is 9.59 Å². The lowest BCUT2D eigenvalue weighted by atomic mass is 9.92. The van der Waals surface area contributed by atoms with Gasteiger partial charge in [-0.25, -0.2) is 9.97 Å². The lowest BCUT2D eigenvalue weighted by Crippen LogP contribution is -2.41. The van der Waals surface area contributed by atoms with Gasteiger partial charge in [-0.15, -0.1) is 0 Å². The summed E-state index contributed by atoms with van der Waals surface area (Å²) in [7, 11) is 5.26. The fourth-order valence-electron chi connectivity index (χ4n) is 9.86. The van der Waals surface area contributed by atoms with E-state index in [2.05, 4.69) is 89.6 Å². The summed E-state index contributed by atoms with van der Waals surface area (Å²) in [6, 6.07) is 23.9. The second-order valence-corrected chi connectivity index (χ2v) is 17.8. The number of imidazole rings is 2. The maximum atomic E-state index is 14.5. The number of methoxy groups -OCH3 is 2. The van der Waals surface area contributed by atoms with Gasteiger partial charge in [-0.2, -0.15) is 0 Å². The molecule has 322 valence electrons. The molecule has 3 aliphatic heterocycles. The molecule has 4 aromatic carbocycles. The van der Waals surface area contributed by atoms with E-state index < -0.39 is 6.04 Å². The molecule has 0 saturated carbocycles. The van der Waals surface area contributed by atoms with Gasteiger partial charge in [0.1, 0.15) is 30.0 Å². The van der Waals surface area contributed by atoms with E-state index in [1.54, 1.807) is 7.11 Å². The van der Waals surface area contributed by atoms with Crippen molar-refractivity contribution in [3.63, 3.8) is 0 Å². The van der Waals surface area contributed by atoms with Crippen molar-refractivity contribution in [2.24, 2.45) is 24.8 Å². The molecule has 2 fully saturated rings. The van der Waals surface area contributed by atoms with E-state index in [4.69, 9.17) is 24.2 Å². The smallest absolute Gasteiger partial charge is 0.250 e. The minimum Gasteiger partial charge on any atom is -0.488 e. The van der Waals surface area contributed by atoms with Gasteiger partial charge in [0.15, 0.2) is 5.88 Å². The Morgan fingerprint density at radius 1 is 0.984 bits per heavy atom. The van der Waals surface area contributed by atoms with Gasteiger partial charge in [-0.1, -0.05) is 69.3 Å². The first-order chi connectivity index (χ1) is 29.9. The Bertz CT molecular complexity index is 2670. The molecule has 62 heavy (non-hydrogen) atoms. The van der Waals surface area contributed by atoms with Gasteiger partial charge in [-0.05, 0) is 85.0 Å². The van der Waals surface area contributed by atoms with Gasteiger partial charge in [0.25, 0.3) is 0 Å². The predicted molar refractivity (Wildman–Crippen MR) is 241 cm³/mol. The Kier molecular flexibility index (Phi) is 11.0. The number of H-pyrrole nitrogens is 1. The van der Waals surface area contributed by atoms with Crippen molar-refractivity contribution < 1.29 is 23.8 Å². The van der Waals surface area contributed by atoms with Crippen LogP contribution in [-0.4, -0.2) is 74.5 Å². The summed E-state index contributed by atoms with van der Waals surface area (Å²) in [6.45, 7) is 13.9. The van der Waals surface area contributed by atoms with Crippen LogP contribution < -0.4 is 10.1 Å². The van der Waals surface area contributed by atoms with E-state index in [1.165, 1.54) is 7.11 Å². The number of aromatic amines is 1. The highest BCUT2D eigenvalue weighted by Crippen LogP contribution is 2.45. The van der Waals surface area contributed by atoms with Crippen LogP contribution in [0.15, 0.2) is 91.5 Å². The lowest BCUT2D eigenvalue weighted by molar-refractivity contribution is -0.139. The van der Waals surface area contributed by atoms with Crippen molar-refractivity contribution in [3.05, 3.63) is 114 Å². The number of hydrogen-bond acceptors (Lipinski definition) is 8. The van der Waals surface area contributed by atoms with Crippen LogP contribution in [0.2, 0.25) is 0 Å². The molecule has 2 aromatic heterocycles. The maximum absolute atomic E-state index is 14.5. The molecule has 2 amide bonds. The maximum Gasteiger partial charge on any atom is 0.250 e. The van der Waals surface area contributed by atoms with E-state index in [0.29, 0.717) is 25.6 Å². The summed E-state index contributed by atoms with van der Waals surface area (Å²) in [5.41, 5.74) is 7.90. The summed E-state index contributed by atoms with van der Waals surface area (Å²) in [4.78, 5) is 45.9. The van der Waals surface area contributed by atoms with Crippen LogP contribution in [0.25, 0.3) is 44.2 Å². The molecular weight excluding hydrogens is 779 g/mol. The minimum absolute atomic E-state index is 0.0493. The van der Waals surface area contributed by atoms with Crippen LogP contribution in [0, 0.1) is 17.8 Å². The Hall–Kier alpha value is -6.14. The monoisotopic (exact) mass is 835 g/mol. The summed E-state index contributed by atoms with van der Waals surface area (Å²) < 4.78 is 19.6. The third kappa shape index (κ3) is 7.27. The molecule has 5 heterocycles. The van der Waals surface area contributed by atoms with Crippen molar-refractivity contribution in [1.29, 1.82) is 0 Å². The molecule has 0 aliphatic carbocycles. The zero-order valence-electron chi connectivity index (χ0n) is 36.8. The Balaban J connectivity index is 1.00. The number of nitrogens with zero attached hydrogens (tertiary/aromatic N) is 5. The van der Waals surface area contributed by atoms with Crippen LogP contribution in [-0.2, 0) is 32.7 Å². The standard InChI is InChI=1S/C50H57N7O5/c1-28(2)30(4)49(58)57-29(3)14-19-41(57)47-53-40-18-16-34-22-39-37-17-15-35(21-36(37)27-62-44(39)23-38(34)46(40)54-47)43-24-51-48(55(43)6)42-20-32(26-60-7)25-56(42)50(59)45(52-31(5)61-8)33-12-10-9-11-13-33/h9-13,15-18,21-24,28-30,32,41-42,45,52H,5,14,19-20,25-27H2,1-4,6-8H3,(H,53,54)/t29-,30?,32-,41-,42-,45?/m0/s1. The summed E-state index contributed by atoms with van der Waals surface area (Å²) in [5, 5.41) is 5.30. The first-order valence-corrected chi connectivity index (χ1v) is 21.9. The number of aromatic nitrogens is 4. The molecule has 0 bridgehead atoms. The summed E-state index contributed by atoms with van der Waals surface area (Å²) >= 11 is 0. The number of likely N-dealkylation sites (tertiary alicyclic amines) is 2. The largest absolute Gasteiger partial charge is 0.488 e. The average molecular weight is 836 g/mol. The van der Waals surface area contributed by atoms with Crippen molar-refractivity contribution in [2.45, 2.75) is 77.7 Å². The number of carbonyl (C=O) groups is 2. The van der Waals surface area contributed by atoms with E-state index in [-0.39, 0.29) is 47.7 Å². The van der Waals surface area contributed by atoms with Crippen LogP contribution in [0.4, 0.5) is 0 Å². The summed E-state index contributed by atoms with van der Waals surface area (Å²) in [6.07, 6.45) is 4.48. The van der Waals surface area contributed by atoms with Gasteiger partial charge < -0.3 is 38.9 Å². The highest BCUT2D eigenvalue weighted by atomic mass is 16.5. The van der Waals surface area contributed by atoms with Crippen LogP contribution in [0.5, 0.6) is 5.75 Å². The van der Waals surface area contributed by atoms with Gasteiger partial charge in [0, 0.05) is 55.1 Å². The zero-order chi connectivity index (χ0) is 43.4. The van der Waals surface area contributed by atoms with E-state index in [9.17, 15) is 9.59 Å². The molecule has 2 saturated heterocycles. The van der Waals surface area contributed by atoms with E-state index in [0.717, 1.165) is 92.0 Å². The minimum atomic E-state index is -0.683. The molecule has 12 nitrogen and oxygen atoms in total. The Labute approximate surface area is 363 Å². The second kappa shape index (κ2) is 16.6. The van der Waals surface area contributed by atoms with Gasteiger partial charge in [0.05, 0.1) is 48.7 Å². The molecule has 0 radical (unpaired) electrons. The third-order valence-electron chi connectivity index (χ3n) is 13.6. The quantitative estimate of drug-likeness (QED) is 0.117. The number of fused-ring (bicyclic) bond motifs is 6. The molecule has 6 atom stereocenters. The predicted octanol–water partition coefficient (Wildman–Crippen LogP) is 9.00. The highest BCUT2D eigenvalue weighted by Gasteiger charge is 2.42. The van der Waals surface area contributed by atoms with Crippen LogP contribution >= 0.6 is 0 Å². The molecule has 0 spiro atoms. The number of ether oxygens (including phenoxy) is 3. The molecular formula is C50H57N7O5. The van der Waals surface area contributed by atoms with Gasteiger partial charge in [0.2, 0.25) is 11.8 Å². The third-order valence-corrected chi connectivity index (χ3v) is 13.6. The molecule has 2 N–H and O–H groups in total. The first kappa shape index (κ1) is 41.2. The van der Waals surface area contributed by atoms with Gasteiger partial charge >= 0.3 is 0 Å². The highest BCUT2D eigenvalue weighted by molar-refractivity contribution is 6.07. The van der Waals surface area contributed by atoms with Crippen LogP contribution in [0.1, 0.15) is 87.9 Å². The average Bonchev–Trinajstić information content (AvgIpc) is 4.09. The SMILES string of the molecule is C=C(NC(C(=O)N1C[C@@H](COC)C[C@H]1c1ncc(-c2ccc3c(c2)COc2cc4c(ccc5[nH]c([C@@H]6CC[C@H](C)N6C(=O)C(C)C(C)C)nc54)cc2-3)n1C)c1ccccc1)OC. The van der Waals surface area contributed by atoms with E-state index in [1.807, 2.05) is 55.4 Å². The fraction of sp³-hybridized carbons (Fsp3) is 0.400. The van der Waals surface area contributed by atoms with Crippen LogP contribution in [0.3, 0.4) is 0 Å². The normalized spacial score (nSPS) is 20.6. The Morgan fingerprint density at radius 2 is 1.79 bits per heavy atom. The number of rotatable bonds is 12. The molecule has 2 unspecified atom stereocenters.